The molecule has 1 fully saturated rings. The summed E-state index contributed by atoms with van der Waals surface area (Å²) >= 11 is 0. The van der Waals surface area contributed by atoms with Crippen molar-refractivity contribution in [1.29, 1.82) is 0 Å². The summed E-state index contributed by atoms with van der Waals surface area (Å²) in [5, 5.41) is 0. The van der Waals surface area contributed by atoms with Gasteiger partial charge in [0.1, 0.15) is 11.4 Å². The van der Waals surface area contributed by atoms with Crippen molar-refractivity contribution in [3.8, 4) is 5.75 Å². The third-order valence-corrected chi connectivity index (χ3v) is 5.99. The van der Waals surface area contributed by atoms with Crippen molar-refractivity contribution in [1.82, 2.24) is 14.8 Å². The molecule has 0 unspecified atom stereocenters. The van der Waals surface area contributed by atoms with Crippen LogP contribution in [0.5, 0.6) is 5.75 Å². The van der Waals surface area contributed by atoms with E-state index in [9.17, 15) is 4.79 Å². The Morgan fingerprint density at radius 3 is 2.61 bits per heavy atom. The van der Waals surface area contributed by atoms with E-state index in [0.29, 0.717) is 24.6 Å². The van der Waals surface area contributed by atoms with E-state index >= 15 is 0 Å². The highest BCUT2D eigenvalue weighted by atomic mass is 16.5. The van der Waals surface area contributed by atoms with Crippen LogP contribution in [0.3, 0.4) is 0 Å². The van der Waals surface area contributed by atoms with Gasteiger partial charge in [-0.2, -0.15) is 0 Å². The van der Waals surface area contributed by atoms with Gasteiger partial charge in [0.15, 0.2) is 0 Å². The van der Waals surface area contributed by atoms with Gasteiger partial charge in [0, 0.05) is 36.6 Å². The van der Waals surface area contributed by atoms with Crippen molar-refractivity contribution < 1.29 is 9.53 Å². The smallest absolute Gasteiger partial charge is 0.254 e. The van der Waals surface area contributed by atoms with Gasteiger partial charge in [-0.25, -0.2) is 0 Å². The van der Waals surface area contributed by atoms with Crippen LogP contribution < -0.4 is 4.74 Å². The molecule has 148 valence electrons. The van der Waals surface area contributed by atoms with Crippen LogP contribution in [-0.2, 0) is 6.54 Å². The molecular formula is C23H29N3O2. The molecule has 1 aromatic carbocycles. The number of carbonyl (C=O) groups is 1. The molecular weight excluding hydrogens is 350 g/mol. The summed E-state index contributed by atoms with van der Waals surface area (Å²) < 4.78 is 6.64. The van der Waals surface area contributed by atoms with Crippen LogP contribution in [0.4, 0.5) is 0 Å². The lowest BCUT2D eigenvalue weighted by Crippen LogP contribution is -2.50. The molecule has 1 saturated carbocycles. The molecule has 1 aromatic heterocycles. The van der Waals surface area contributed by atoms with Crippen LogP contribution in [0.1, 0.15) is 41.6 Å². The second-order valence-corrected chi connectivity index (χ2v) is 8.50. The molecule has 2 aromatic rings. The average molecular weight is 380 g/mol. The lowest BCUT2D eigenvalue weighted by molar-refractivity contribution is -0.00724. The Morgan fingerprint density at radius 1 is 1.18 bits per heavy atom. The van der Waals surface area contributed by atoms with Gasteiger partial charge >= 0.3 is 0 Å². The third-order valence-electron chi connectivity index (χ3n) is 5.99. The number of para-hydroxylation sites is 1. The number of hydrogen-bond donors (Lipinski definition) is 0. The zero-order valence-electron chi connectivity index (χ0n) is 16.8. The molecule has 2 aliphatic rings. The number of carbonyl (C=O) groups excluding carboxylic acids is 1. The highest BCUT2D eigenvalue weighted by Gasteiger charge is 2.42. The van der Waals surface area contributed by atoms with Gasteiger partial charge in [-0.05, 0) is 63.9 Å². The zero-order chi connectivity index (χ0) is 19.6. The maximum absolute atomic E-state index is 13.2. The van der Waals surface area contributed by atoms with Crippen molar-refractivity contribution in [2.75, 3.05) is 27.2 Å². The molecule has 0 saturated heterocycles. The third kappa shape index (κ3) is 4.04. The standard InChI is InChI=1S/C23H29N3O2/c1-25(2)15-18-7-11-23(12-8-18)17-26(22(27)19-9-13-24-14-10-19)16-20-5-3-4-6-21(20)28-23/h3-6,9-10,13-14,18H,7-8,11-12,15-17H2,1-2H3. The number of amides is 1. The maximum Gasteiger partial charge on any atom is 0.254 e. The first-order valence-corrected chi connectivity index (χ1v) is 10.2. The Balaban J connectivity index is 1.60. The number of pyridine rings is 1. The predicted octanol–water partition coefficient (Wildman–Crippen LogP) is 3.61. The quantitative estimate of drug-likeness (QED) is 0.817. The van der Waals surface area contributed by atoms with Crippen LogP contribution in [0, 0.1) is 5.92 Å². The molecule has 2 heterocycles. The van der Waals surface area contributed by atoms with E-state index < -0.39 is 0 Å². The second kappa shape index (κ2) is 7.92. The molecule has 28 heavy (non-hydrogen) atoms. The Labute approximate surface area is 167 Å². The van der Waals surface area contributed by atoms with E-state index in [1.54, 1.807) is 24.5 Å². The fraction of sp³-hybridized carbons (Fsp3) is 0.478. The molecule has 5 nitrogen and oxygen atoms in total. The predicted molar refractivity (Wildman–Crippen MR) is 109 cm³/mol. The summed E-state index contributed by atoms with van der Waals surface area (Å²) in [6.07, 6.45) is 7.60. The fourth-order valence-electron chi connectivity index (χ4n) is 4.59. The van der Waals surface area contributed by atoms with Gasteiger partial charge in [-0.3, -0.25) is 9.78 Å². The van der Waals surface area contributed by atoms with E-state index in [4.69, 9.17) is 4.74 Å². The molecule has 4 rings (SSSR count). The highest BCUT2D eigenvalue weighted by Crippen LogP contribution is 2.40. The number of ether oxygens (including phenoxy) is 1. The molecule has 0 N–H and O–H groups in total. The fourth-order valence-corrected chi connectivity index (χ4v) is 4.59. The minimum absolute atomic E-state index is 0.0532. The molecule has 1 spiro atoms. The van der Waals surface area contributed by atoms with E-state index in [-0.39, 0.29) is 11.5 Å². The summed E-state index contributed by atoms with van der Waals surface area (Å²) in [5.41, 5.74) is 1.47. The molecule has 0 radical (unpaired) electrons. The summed E-state index contributed by atoms with van der Waals surface area (Å²) in [6.45, 7) is 2.34. The maximum atomic E-state index is 13.2. The average Bonchev–Trinajstić information content (AvgIpc) is 2.86. The first kappa shape index (κ1) is 18.9. The Hall–Kier alpha value is -2.40. The largest absolute Gasteiger partial charge is 0.485 e. The number of fused-ring (bicyclic) bond motifs is 1. The number of rotatable bonds is 3. The number of benzene rings is 1. The van der Waals surface area contributed by atoms with Crippen molar-refractivity contribution >= 4 is 5.91 Å². The van der Waals surface area contributed by atoms with Gasteiger partial charge in [-0.1, -0.05) is 18.2 Å². The highest BCUT2D eigenvalue weighted by molar-refractivity contribution is 5.94. The number of aromatic nitrogens is 1. The van der Waals surface area contributed by atoms with Gasteiger partial charge in [-0.15, -0.1) is 0 Å². The van der Waals surface area contributed by atoms with Gasteiger partial charge in [0.2, 0.25) is 0 Å². The van der Waals surface area contributed by atoms with Crippen LogP contribution in [0.2, 0.25) is 0 Å². The van der Waals surface area contributed by atoms with E-state index in [0.717, 1.165) is 43.5 Å². The van der Waals surface area contributed by atoms with E-state index in [1.807, 2.05) is 23.1 Å². The first-order valence-electron chi connectivity index (χ1n) is 10.2. The second-order valence-electron chi connectivity index (χ2n) is 8.50. The molecule has 1 aliphatic heterocycles. The van der Waals surface area contributed by atoms with E-state index in [1.165, 1.54) is 0 Å². The number of nitrogens with zero attached hydrogens (tertiary/aromatic N) is 3. The van der Waals surface area contributed by atoms with Crippen molar-refractivity contribution in [2.45, 2.75) is 37.8 Å². The van der Waals surface area contributed by atoms with Gasteiger partial charge in [0.05, 0.1) is 6.54 Å². The Morgan fingerprint density at radius 2 is 1.89 bits per heavy atom. The van der Waals surface area contributed by atoms with Crippen LogP contribution in [-0.4, -0.2) is 53.5 Å². The molecule has 5 heteroatoms. The summed E-state index contributed by atoms with van der Waals surface area (Å²) in [5.74, 6) is 1.68. The molecule has 1 amide bonds. The van der Waals surface area contributed by atoms with Crippen molar-refractivity contribution in [3.63, 3.8) is 0 Å². The minimum atomic E-state index is -0.294. The normalized spacial score (nSPS) is 24.5. The molecule has 1 aliphatic carbocycles. The zero-order valence-corrected chi connectivity index (χ0v) is 16.8. The first-order chi connectivity index (χ1) is 13.5. The monoisotopic (exact) mass is 379 g/mol. The van der Waals surface area contributed by atoms with E-state index in [2.05, 4.69) is 30.0 Å². The van der Waals surface area contributed by atoms with Gasteiger partial charge in [0.25, 0.3) is 5.91 Å². The van der Waals surface area contributed by atoms with Crippen LogP contribution in [0.15, 0.2) is 48.8 Å². The lowest BCUT2D eigenvalue weighted by Gasteiger charge is -2.42. The lowest BCUT2D eigenvalue weighted by atomic mass is 9.78. The number of hydrogen-bond acceptors (Lipinski definition) is 4. The minimum Gasteiger partial charge on any atom is -0.485 e. The molecule has 0 bridgehead atoms. The van der Waals surface area contributed by atoms with Crippen molar-refractivity contribution in [2.24, 2.45) is 5.92 Å². The Bertz CT molecular complexity index is 814. The van der Waals surface area contributed by atoms with Gasteiger partial charge < -0.3 is 14.5 Å². The summed E-state index contributed by atoms with van der Waals surface area (Å²) in [4.78, 5) is 21.5. The summed E-state index contributed by atoms with van der Waals surface area (Å²) in [6, 6.07) is 11.7. The van der Waals surface area contributed by atoms with Crippen molar-refractivity contribution in [3.05, 3.63) is 59.9 Å². The molecule has 0 atom stereocenters. The van der Waals surface area contributed by atoms with Crippen LogP contribution >= 0.6 is 0 Å². The Kier molecular flexibility index (Phi) is 5.36. The summed E-state index contributed by atoms with van der Waals surface area (Å²) in [7, 11) is 4.27. The topological polar surface area (TPSA) is 45.7 Å². The van der Waals surface area contributed by atoms with Crippen LogP contribution in [0.25, 0.3) is 0 Å². The SMILES string of the molecule is CN(C)CC1CCC2(CC1)CN(C(=O)c1ccncc1)Cc1ccccc1O2.